The molecule has 0 spiro atoms. The number of anilines is 4. The number of hydrogen-bond acceptors (Lipinski definition) is 8. The lowest BCUT2D eigenvalue weighted by molar-refractivity contribution is -0.110. The Balaban J connectivity index is 1.20. The predicted molar refractivity (Wildman–Crippen MR) is 150 cm³/mol. The number of morpholine rings is 1. The number of rotatable bonds is 5. The average molecular weight is 522 g/mol. The number of carbonyl (C=O) groups is 1. The Hall–Kier alpha value is -4.54. The molecule has 0 bridgehead atoms. The van der Waals surface area contributed by atoms with Gasteiger partial charge in [0.05, 0.1) is 35.7 Å². The van der Waals surface area contributed by atoms with Crippen LogP contribution in [0.4, 0.5) is 22.9 Å². The molecule has 9 nitrogen and oxygen atoms in total. The van der Waals surface area contributed by atoms with Gasteiger partial charge in [0.25, 0.3) is 5.91 Å². The van der Waals surface area contributed by atoms with Gasteiger partial charge in [-0.05, 0) is 36.4 Å². The average Bonchev–Trinajstić information content (AvgIpc) is 3.71. The number of amides is 1. The molecule has 188 valence electrons. The van der Waals surface area contributed by atoms with Gasteiger partial charge in [-0.15, -0.1) is 11.3 Å². The molecule has 10 heteroatoms. The minimum atomic E-state index is -0.133. The van der Waals surface area contributed by atoms with E-state index in [-0.39, 0.29) is 5.91 Å². The quantitative estimate of drug-likeness (QED) is 0.317. The van der Waals surface area contributed by atoms with Crippen LogP contribution in [0.5, 0.6) is 0 Å². The van der Waals surface area contributed by atoms with Gasteiger partial charge in [-0.1, -0.05) is 12.1 Å². The van der Waals surface area contributed by atoms with Crippen molar-refractivity contribution in [2.24, 2.45) is 0 Å². The van der Waals surface area contributed by atoms with Crippen molar-refractivity contribution in [2.75, 3.05) is 41.8 Å². The highest BCUT2D eigenvalue weighted by atomic mass is 32.1. The number of nitrogens with zero attached hydrogens (tertiary/aromatic N) is 5. The van der Waals surface area contributed by atoms with E-state index >= 15 is 0 Å². The maximum Gasteiger partial charge on any atom is 0.256 e. The van der Waals surface area contributed by atoms with Crippen molar-refractivity contribution in [1.29, 1.82) is 0 Å². The SMILES string of the molecule is O=C1Nc2cc(-c3cn4ccnc4c(Nc4ccc(N5CCOCC5)cc4)n3)ccc2C1=Cc1cscn1. The monoisotopic (exact) mass is 521 g/mol. The number of thiazole rings is 1. The lowest BCUT2D eigenvalue weighted by Crippen LogP contribution is -2.36. The Kier molecular flexibility index (Phi) is 5.60. The van der Waals surface area contributed by atoms with Gasteiger partial charge in [0, 0.05) is 65.2 Å². The lowest BCUT2D eigenvalue weighted by atomic mass is 10.0. The van der Waals surface area contributed by atoms with E-state index in [9.17, 15) is 4.79 Å². The predicted octanol–water partition coefficient (Wildman–Crippen LogP) is 4.93. The number of ether oxygens (including phenoxy) is 1. The normalized spacial score (nSPS) is 16.2. The van der Waals surface area contributed by atoms with Gasteiger partial charge < -0.3 is 24.7 Å². The van der Waals surface area contributed by atoms with Crippen LogP contribution in [0.2, 0.25) is 0 Å². The Labute approximate surface area is 222 Å². The van der Waals surface area contributed by atoms with E-state index in [1.807, 2.05) is 46.4 Å². The van der Waals surface area contributed by atoms with Crippen molar-refractivity contribution in [3.63, 3.8) is 0 Å². The number of hydrogen-bond donors (Lipinski definition) is 2. The first-order valence-corrected chi connectivity index (χ1v) is 13.3. The Bertz CT molecular complexity index is 1670. The summed E-state index contributed by atoms with van der Waals surface area (Å²) in [6, 6.07) is 14.2. The molecule has 2 aromatic carbocycles. The molecule has 5 heterocycles. The van der Waals surface area contributed by atoms with E-state index in [4.69, 9.17) is 9.72 Å². The van der Waals surface area contributed by atoms with Crippen LogP contribution < -0.4 is 15.5 Å². The molecule has 2 N–H and O–H groups in total. The van der Waals surface area contributed by atoms with Crippen LogP contribution in [0.15, 0.2) is 71.9 Å². The second-order valence-corrected chi connectivity index (χ2v) is 9.81. The number of nitrogens with one attached hydrogen (secondary N) is 2. The van der Waals surface area contributed by atoms with Crippen LogP contribution in [0, 0.1) is 0 Å². The standard InChI is InChI=1S/C28H23N7O2S/c36-28-23(14-20-16-38-17-30-20)22-6-1-18(13-24(22)33-28)25-15-35-8-7-29-27(35)26(32-25)31-19-2-4-21(5-3-19)34-9-11-37-12-10-34/h1-8,13-17H,9-12H2,(H,31,32)(H,33,36). The largest absolute Gasteiger partial charge is 0.378 e. The summed E-state index contributed by atoms with van der Waals surface area (Å²) < 4.78 is 7.41. The fourth-order valence-corrected chi connectivity index (χ4v) is 5.32. The highest BCUT2D eigenvalue weighted by Crippen LogP contribution is 2.36. The molecule has 5 aromatic rings. The lowest BCUT2D eigenvalue weighted by Gasteiger charge is -2.28. The number of imidazole rings is 1. The van der Waals surface area contributed by atoms with Gasteiger partial charge in [-0.2, -0.15) is 0 Å². The summed E-state index contributed by atoms with van der Waals surface area (Å²) in [6.07, 6.45) is 7.42. The van der Waals surface area contributed by atoms with Crippen LogP contribution in [-0.2, 0) is 9.53 Å². The van der Waals surface area contributed by atoms with Crippen LogP contribution in [-0.4, -0.2) is 51.6 Å². The summed E-state index contributed by atoms with van der Waals surface area (Å²) >= 11 is 1.50. The zero-order valence-corrected chi connectivity index (χ0v) is 21.1. The number of fused-ring (bicyclic) bond motifs is 2. The van der Waals surface area contributed by atoms with Crippen LogP contribution >= 0.6 is 11.3 Å². The maximum atomic E-state index is 12.7. The fourth-order valence-electron chi connectivity index (χ4n) is 4.81. The topological polar surface area (TPSA) is 96.7 Å². The van der Waals surface area contributed by atoms with Crippen molar-refractivity contribution < 1.29 is 9.53 Å². The number of aromatic nitrogens is 4. The van der Waals surface area contributed by atoms with E-state index < -0.39 is 0 Å². The molecule has 1 fully saturated rings. The van der Waals surface area contributed by atoms with E-state index in [0.29, 0.717) is 11.4 Å². The fraction of sp³-hybridized carbons (Fsp3) is 0.143. The summed E-state index contributed by atoms with van der Waals surface area (Å²) in [5.74, 6) is 0.520. The van der Waals surface area contributed by atoms with E-state index in [2.05, 4.69) is 49.8 Å². The van der Waals surface area contributed by atoms with E-state index in [1.54, 1.807) is 11.7 Å². The maximum absolute atomic E-state index is 12.7. The van der Waals surface area contributed by atoms with Crippen molar-refractivity contribution in [3.8, 4) is 11.3 Å². The van der Waals surface area contributed by atoms with Gasteiger partial charge in [0.1, 0.15) is 0 Å². The van der Waals surface area contributed by atoms with Crippen molar-refractivity contribution in [2.45, 2.75) is 0 Å². The summed E-state index contributed by atoms with van der Waals surface area (Å²) in [7, 11) is 0. The minimum Gasteiger partial charge on any atom is -0.378 e. The van der Waals surface area contributed by atoms with E-state index in [1.165, 1.54) is 17.0 Å². The first-order valence-electron chi connectivity index (χ1n) is 12.3. The third-order valence-electron chi connectivity index (χ3n) is 6.72. The third kappa shape index (κ3) is 4.19. The molecule has 0 atom stereocenters. The summed E-state index contributed by atoms with van der Waals surface area (Å²) in [6.45, 7) is 3.30. The molecule has 38 heavy (non-hydrogen) atoms. The molecule has 1 amide bonds. The van der Waals surface area contributed by atoms with Crippen molar-refractivity contribution in [3.05, 3.63) is 83.2 Å². The Morgan fingerprint density at radius 2 is 1.95 bits per heavy atom. The van der Waals surface area contributed by atoms with Crippen molar-refractivity contribution >= 4 is 57.4 Å². The molecule has 0 saturated carbocycles. The molecule has 1 saturated heterocycles. The number of benzene rings is 2. The molecular formula is C28H23N7O2S. The van der Waals surface area contributed by atoms with Gasteiger partial charge in [-0.25, -0.2) is 15.0 Å². The van der Waals surface area contributed by atoms with Gasteiger partial charge in [0.15, 0.2) is 11.5 Å². The second-order valence-electron chi connectivity index (χ2n) is 9.09. The molecule has 0 unspecified atom stereocenters. The molecule has 2 aliphatic heterocycles. The summed E-state index contributed by atoms with van der Waals surface area (Å²) in [4.78, 5) is 28.7. The third-order valence-corrected chi connectivity index (χ3v) is 7.33. The highest BCUT2D eigenvalue weighted by Gasteiger charge is 2.25. The Morgan fingerprint density at radius 1 is 1.08 bits per heavy atom. The summed E-state index contributed by atoms with van der Waals surface area (Å²) in [5.41, 5.74) is 9.24. The van der Waals surface area contributed by atoms with Crippen LogP contribution in [0.25, 0.3) is 28.6 Å². The van der Waals surface area contributed by atoms with Gasteiger partial charge >= 0.3 is 0 Å². The first kappa shape index (κ1) is 22.6. The second kappa shape index (κ2) is 9.40. The van der Waals surface area contributed by atoms with Gasteiger partial charge in [0.2, 0.25) is 0 Å². The molecular weight excluding hydrogens is 498 g/mol. The molecule has 0 aliphatic carbocycles. The smallest absolute Gasteiger partial charge is 0.256 e. The zero-order valence-electron chi connectivity index (χ0n) is 20.3. The summed E-state index contributed by atoms with van der Waals surface area (Å²) in [5, 5.41) is 8.34. The van der Waals surface area contributed by atoms with Crippen LogP contribution in [0.1, 0.15) is 11.3 Å². The zero-order chi connectivity index (χ0) is 25.5. The molecule has 3 aromatic heterocycles. The molecule has 2 aliphatic rings. The Morgan fingerprint density at radius 3 is 2.76 bits per heavy atom. The van der Waals surface area contributed by atoms with Crippen LogP contribution in [0.3, 0.4) is 0 Å². The molecule has 0 radical (unpaired) electrons. The van der Waals surface area contributed by atoms with Crippen molar-refractivity contribution in [1.82, 2.24) is 19.4 Å². The highest BCUT2D eigenvalue weighted by molar-refractivity contribution is 7.07. The van der Waals surface area contributed by atoms with Gasteiger partial charge in [-0.3, -0.25) is 4.79 Å². The minimum absolute atomic E-state index is 0.133. The number of carbonyl (C=O) groups excluding carboxylic acids is 1. The molecule has 7 rings (SSSR count). The van der Waals surface area contributed by atoms with E-state index in [0.717, 1.165) is 65.8 Å². The first-order chi connectivity index (χ1) is 18.7.